The minimum atomic E-state index is -1.28. The van der Waals surface area contributed by atoms with Crippen molar-refractivity contribution in [1.29, 1.82) is 0 Å². The van der Waals surface area contributed by atoms with Gasteiger partial charge in [-0.05, 0) is 30.2 Å². The van der Waals surface area contributed by atoms with Gasteiger partial charge in [0, 0.05) is 44.7 Å². The Morgan fingerprint density at radius 1 is 1.12 bits per heavy atom. The van der Waals surface area contributed by atoms with Crippen molar-refractivity contribution in [2.45, 2.75) is 31.3 Å². The van der Waals surface area contributed by atoms with E-state index >= 15 is 0 Å². The summed E-state index contributed by atoms with van der Waals surface area (Å²) in [5.41, 5.74) is -0.258. The van der Waals surface area contributed by atoms with Crippen LogP contribution in [0.25, 0.3) is 0 Å². The van der Waals surface area contributed by atoms with E-state index < -0.39 is 11.6 Å². The molecule has 6 heteroatoms. The standard InChI is InChI=1S/C20H22N2O4/c23-18(9-8-16-5-4-12-21-15-16)22-13-10-20(11-14-22,19(24)25)26-17-6-2-1-3-7-17/h1-7,12,15H,8-11,13-14H2,(H,24,25). The molecule has 3 rings (SSSR count). The SMILES string of the molecule is O=C(CCc1cccnc1)N1CCC(Oc2ccccc2)(C(=O)O)CC1. The van der Waals surface area contributed by atoms with Crippen molar-refractivity contribution in [2.24, 2.45) is 0 Å². The fraction of sp³-hybridized carbons (Fsp3) is 0.350. The molecule has 136 valence electrons. The third kappa shape index (κ3) is 4.20. The van der Waals surface area contributed by atoms with Gasteiger partial charge in [0.15, 0.2) is 0 Å². The highest BCUT2D eigenvalue weighted by molar-refractivity contribution is 5.80. The number of aryl methyl sites for hydroxylation is 1. The Morgan fingerprint density at radius 3 is 2.46 bits per heavy atom. The highest BCUT2D eigenvalue weighted by atomic mass is 16.5. The number of hydrogen-bond donors (Lipinski definition) is 1. The molecular formula is C20H22N2O4. The highest BCUT2D eigenvalue weighted by Crippen LogP contribution is 2.29. The molecule has 1 aliphatic heterocycles. The van der Waals surface area contributed by atoms with Crippen LogP contribution in [-0.4, -0.2) is 45.6 Å². The van der Waals surface area contributed by atoms with Crippen LogP contribution in [0.2, 0.25) is 0 Å². The molecule has 6 nitrogen and oxygen atoms in total. The first-order valence-corrected chi connectivity index (χ1v) is 8.73. The number of aliphatic carboxylic acids is 1. The van der Waals surface area contributed by atoms with Gasteiger partial charge in [-0.15, -0.1) is 0 Å². The largest absolute Gasteiger partial charge is 0.478 e. The number of hydrogen-bond acceptors (Lipinski definition) is 4. The fourth-order valence-corrected chi connectivity index (χ4v) is 3.15. The summed E-state index contributed by atoms with van der Waals surface area (Å²) in [5, 5.41) is 9.69. The monoisotopic (exact) mass is 354 g/mol. The van der Waals surface area contributed by atoms with E-state index in [9.17, 15) is 14.7 Å². The summed E-state index contributed by atoms with van der Waals surface area (Å²) in [6.07, 6.45) is 5.03. The maximum absolute atomic E-state index is 12.4. The van der Waals surface area contributed by atoms with Crippen LogP contribution >= 0.6 is 0 Å². The zero-order valence-corrected chi connectivity index (χ0v) is 14.5. The fourth-order valence-electron chi connectivity index (χ4n) is 3.15. The number of piperidine rings is 1. The highest BCUT2D eigenvalue weighted by Gasteiger charge is 2.44. The molecule has 0 aliphatic carbocycles. The number of benzene rings is 1. The van der Waals surface area contributed by atoms with Gasteiger partial charge in [-0.25, -0.2) is 4.79 Å². The number of likely N-dealkylation sites (tertiary alicyclic amines) is 1. The van der Waals surface area contributed by atoms with Crippen molar-refractivity contribution in [3.8, 4) is 5.75 Å². The maximum atomic E-state index is 12.4. The molecule has 1 saturated heterocycles. The van der Waals surface area contributed by atoms with Crippen LogP contribution < -0.4 is 4.74 Å². The van der Waals surface area contributed by atoms with Gasteiger partial charge in [-0.2, -0.15) is 0 Å². The van der Waals surface area contributed by atoms with Gasteiger partial charge in [0.25, 0.3) is 0 Å². The van der Waals surface area contributed by atoms with Gasteiger partial charge in [-0.3, -0.25) is 9.78 Å². The lowest BCUT2D eigenvalue weighted by atomic mass is 9.90. The number of aromatic nitrogens is 1. The van der Waals surface area contributed by atoms with Gasteiger partial charge in [0.1, 0.15) is 5.75 Å². The molecule has 0 unspecified atom stereocenters. The molecule has 2 heterocycles. The molecule has 0 saturated carbocycles. The Morgan fingerprint density at radius 2 is 1.85 bits per heavy atom. The van der Waals surface area contributed by atoms with Crippen molar-refractivity contribution in [1.82, 2.24) is 9.88 Å². The number of pyridine rings is 1. The third-order valence-corrected chi connectivity index (χ3v) is 4.72. The number of carboxylic acids is 1. The zero-order chi connectivity index (χ0) is 18.4. The lowest BCUT2D eigenvalue weighted by Crippen LogP contribution is -2.54. The molecule has 26 heavy (non-hydrogen) atoms. The van der Waals surface area contributed by atoms with Crippen molar-refractivity contribution < 1.29 is 19.4 Å². The van der Waals surface area contributed by atoms with Crippen LogP contribution in [0.5, 0.6) is 5.75 Å². The van der Waals surface area contributed by atoms with E-state index in [0.717, 1.165) is 5.56 Å². The number of carbonyl (C=O) groups is 2. The second kappa shape index (κ2) is 7.99. The molecule has 1 aromatic heterocycles. The second-order valence-corrected chi connectivity index (χ2v) is 6.46. The smallest absolute Gasteiger partial charge is 0.348 e. The van der Waals surface area contributed by atoms with Crippen molar-refractivity contribution in [3.05, 3.63) is 60.4 Å². The Hall–Kier alpha value is -2.89. The maximum Gasteiger partial charge on any atom is 0.348 e. The van der Waals surface area contributed by atoms with E-state index in [1.165, 1.54) is 0 Å². The quantitative estimate of drug-likeness (QED) is 0.862. The average Bonchev–Trinajstić information content (AvgIpc) is 2.68. The van der Waals surface area contributed by atoms with E-state index in [1.54, 1.807) is 29.4 Å². The Labute approximate surface area is 152 Å². The molecule has 1 N–H and O–H groups in total. The number of para-hydroxylation sites is 1. The first kappa shape index (κ1) is 17.9. The van der Waals surface area contributed by atoms with E-state index in [4.69, 9.17) is 4.74 Å². The summed E-state index contributed by atoms with van der Waals surface area (Å²) in [6, 6.07) is 12.8. The predicted octanol–water partition coefficient (Wildman–Crippen LogP) is 2.54. The molecule has 0 atom stereocenters. The average molecular weight is 354 g/mol. The van der Waals surface area contributed by atoms with E-state index in [2.05, 4.69) is 4.98 Å². The lowest BCUT2D eigenvalue weighted by molar-refractivity contribution is -0.161. The number of carbonyl (C=O) groups excluding carboxylic acids is 1. The molecular weight excluding hydrogens is 332 g/mol. The Bertz CT molecular complexity index is 741. The molecule has 1 fully saturated rings. The van der Waals surface area contributed by atoms with Crippen LogP contribution in [0.3, 0.4) is 0 Å². The van der Waals surface area contributed by atoms with Crippen molar-refractivity contribution in [3.63, 3.8) is 0 Å². The zero-order valence-electron chi connectivity index (χ0n) is 14.5. The van der Waals surface area contributed by atoms with Crippen LogP contribution in [0.4, 0.5) is 0 Å². The summed E-state index contributed by atoms with van der Waals surface area (Å²) >= 11 is 0. The topological polar surface area (TPSA) is 79.7 Å². The normalized spacial score (nSPS) is 16.1. The number of rotatable bonds is 6. The number of ether oxygens (including phenoxy) is 1. The van der Waals surface area contributed by atoms with Gasteiger partial charge in [0.05, 0.1) is 0 Å². The lowest BCUT2D eigenvalue weighted by Gasteiger charge is -2.39. The van der Waals surface area contributed by atoms with E-state index in [0.29, 0.717) is 31.7 Å². The molecule has 0 radical (unpaired) electrons. The van der Waals surface area contributed by atoms with Gasteiger partial charge >= 0.3 is 5.97 Å². The minimum absolute atomic E-state index is 0.0348. The van der Waals surface area contributed by atoms with Gasteiger partial charge < -0.3 is 14.7 Å². The van der Waals surface area contributed by atoms with Gasteiger partial charge in [-0.1, -0.05) is 24.3 Å². The summed E-state index contributed by atoms with van der Waals surface area (Å²) in [5.74, 6) is -0.414. The Kier molecular flexibility index (Phi) is 5.51. The molecule has 0 bridgehead atoms. The number of carboxylic acid groups (broad SMARTS) is 1. The molecule has 1 amide bonds. The van der Waals surface area contributed by atoms with E-state index in [-0.39, 0.29) is 18.7 Å². The predicted molar refractivity (Wildman–Crippen MR) is 95.8 cm³/mol. The Balaban J connectivity index is 1.57. The summed E-state index contributed by atoms with van der Waals surface area (Å²) in [6.45, 7) is 0.760. The second-order valence-electron chi connectivity index (χ2n) is 6.46. The van der Waals surface area contributed by atoms with Crippen LogP contribution in [0.15, 0.2) is 54.9 Å². The van der Waals surface area contributed by atoms with Crippen LogP contribution in [-0.2, 0) is 16.0 Å². The molecule has 2 aromatic rings. The van der Waals surface area contributed by atoms with Gasteiger partial charge in [0.2, 0.25) is 11.5 Å². The molecule has 0 spiro atoms. The summed E-state index contributed by atoms with van der Waals surface area (Å²) in [4.78, 5) is 30.0. The first-order valence-electron chi connectivity index (χ1n) is 8.73. The summed E-state index contributed by atoms with van der Waals surface area (Å²) in [7, 11) is 0. The summed E-state index contributed by atoms with van der Waals surface area (Å²) < 4.78 is 5.82. The van der Waals surface area contributed by atoms with Crippen LogP contribution in [0, 0.1) is 0 Å². The van der Waals surface area contributed by atoms with Crippen molar-refractivity contribution in [2.75, 3.05) is 13.1 Å². The number of nitrogens with zero attached hydrogens (tertiary/aromatic N) is 2. The number of amides is 1. The minimum Gasteiger partial charge on any atom is -0.478 e. The molecule has 1 aliphatic rings. The first-order chi connectivity index (χ1) is 12.6. The van der Waals surface area contributed by atoms with Crippen LogP contribution in [0.1, 0.15) is 24.8 Å². The van der Waals surface area contributed by atoms with Crippen molar-refractivity contribution >= 4 is 11.9 Å². The third-order valence-electron chi connectivity index (χ3n) is 4.72. The van der Waals surface area contributed by atoms with E-state index in [1.807, 2.05) is 30.3 Å². The molecule has 1 aromatic carbocycles.